The predicted molar refractivity (Wildman–Crippen MR) is 125 cm³/mol. The van der Waals surface area contributed by atoms with Gasteiger partial charge in [0.2, 0.25) is 10.0 Å². The number of hydrogen-bond donors (Lipinski definition) is 1. The molecule has 1 atom stereocenters. The van der Waals surface area contributed by atoms with E-state index in [-0.39, 0.29) is 18.5 Å². The molecule has 9 heteroatoms. The smallest absolute Gasteiger partial charge is 0.251 e. The first kappa shape index (κ1) is 20.7. The van der Waals surface area contributed by atoms with E-state index in [1.54, 1.807) is 29.5 Å². The highest BCUT2D eigenvalue weighted by atomic mass is 32.2. The summed E-state index contributed by atoms with van der Waals surface area (Å²) in [6, 6.07) is 16.6. The van der Waals surface area contributed by atoms with Crippen LogP contribution in [0.3, 0.4) is 0 Å². The van der Waals surface area contributed by atoms with Gasteiger partial charge in [-0.1, -0.05) is 12.1 Å². The van der Waals surface area contributed by atoms with Gasteiger partial charge in [0.1, 0.15) is 5.76 Å². The number of aromatic nitrogens is 1. The summed E-state index contributed by atoms with van der Waals surface area (Å²) >= 11 is 1.56. The minimum Gasteiger partial charge on any atom is -0.457 e. The molecule has 0 radical (unpaired) electrons. The Bertz CT molecular complexity index is 1410. The minimum absolute atomic E-state index is 0.164. The highest BCUT2D eigenvalue weighted by Crippen LogP contribution is 2.35. The van der Waals surface area contributed by atoms with Gasteiger partial charge in [-0.2, -0.15) is 0 Å². The van der Waals surface area contributed by atoms with Crippen molar-refractivity contribution in [2.45, 2.75) is 25.9 Å². The van der Waals surface area contributed by atoms with Crippen molar-refractivity contribution in [1.29, 1.82) is 0 Å². The number of nitrogens with one attached hydrogen (secondary N) is 1. The largest absolute Gasteiger partial charge is 0.457 e. The Morgan fingerprint density at radius 3 is 2.81 bits per heavy atom. The van der Waals surface area contributed by atoms with Crippen LogP contribution < -0.4 is 9.62 Å². The second-order valence-corrected chi connectivity index (χ2v) is 10.8. The number of hydrogen-bond acceptors (Lipinski definition) is 6. The number of benzene rings is 2. The summed E-state index contributed by atoms with van der Waals surface area (Å²) in [5.74, 6) is 1.06. The van der Waals surface area contributed by atoms with E-state index in [1.165, 1.54) is 10.6 Å². The van der Waals surface area contributed by atoms with Crippen molar-refractivity contribution in [1.82, 2.24) is 10.3 Å². The van der Waals surface area contributed by atoms with Gasteiger partial charge in [0.15, 0.2) is 10.8 Å². The Morgan fingerprint density at radius 1 is 1.22 bits per heavy atom. The molecule has 32 heavy (non-hydrogen) atoms. The lowest BCUT2D eigenvalue weighted by molar-refractivity contribution is 0.0948. The maximum Gasteiger partial charge on any atom is 0.251 e. The summed E-state index contributed by atoms with van der Waals surface area (Å²) in [7, 11) is -3.36. The number of furan rings is 1. The molecule has 0 aliphatic carbocycles. The summed E-state index contributed by atoms with van der Waals surface area (Å²) in [4.78, 5) is 17.3. The fourth-order valence-corrected chi connectivity index (χ4v) is 6.28. The number of fused-ring (bicyclic) bond motifs is 2. The molecule has 0 saturated heterocycles. The van der Waals surface area contributed by atoms with E-state index in [9.17, 15) is 13.2 Å². The van der Waals surface area contributed by atoms with Crippen molar-refractivity contribution < 1.29 is 17.6 Å². The van der Waals surface area contributed by atoms with E-state index in [2.05, 4.69) is 10.3 Å². The summed E-state index contributed by atoms with van der Waals surface area (Å²) in [5, 5.41) is 3.67. The third-order valence-electron chi connectivity index (χ3n) is 5.44. The van der Waals surface area contributed by atoms with E-state index in [0.717, 1.165) is 20.8 Å². The lowest BCUT2D eigenvalue weighted by Crippen LogP contribution is -2.34. The van der Waals surface area contributed by atoms with Gasteiger partial charge in [-0.3, -0.25) is 9.10 Å². The van der Waals surface area contributed by atoms with Crippen LogP contribution in [0.25, 0.3) is 21.0 Å². The van der Waals surface area contributed by atoms with E-state index in [4.69, 9.17) is 4.42 Å². The molecular weight excluding hydrogens is 446 g/mol. The first-order valence-electron chi connectivity index (χ1n) is 10.1. The fraction of sp³-hybridized carbons (Fsp3) is 0.217. The molecule has 0 fully saturated rings. The standard InChI is InChI=1S/C23H21N3O4S2/c1-14-11-16-12-15(7-9-19(16)26(14)32(2,28)29)22(27)24-13-17-8-10-20(30-17)23-25-18-5-3-4-6-21(18)31-23/h3-10,12,14H,11,13H2,1-2H3,(H,24,27). The number of para-hydroxylation sites is 1. The lowest BCUT2D eigenvalue weighted by atomic mass is 10.1. The van der Waals surface area contributed by atoms with E-state index < -0.39 is 10.0 Å². The van der Waals surface area contributed by atoms with Crippen molar-refractivity contribution in [3.8, 4) is 10.8 Å². The molecule has 4 aromatic rings. The molecule has 0 bridgehead atoms. The van der Waals surface area contributed by atoms with Gasteiger partial charge >= 0.3 is 0 Å². The Morgan fingerprint density at radius 2 is 2.03 bits per heavy atom. The molecule has 7 nitrogen and oxygen atoms in total. The van der Waals surface area contributed by atoms with Crippen LogP contribution >= 0.6 is 11.3 Å². The molecule has 5 rings (SSSR count). The molecule has 1 N–H and O–H groups in total. The van der Waals surface area contributed by atoms with Gasteiger partial charge in [0.05, 0.1) is 28.7 Å². The summed E-state index contributed by atoms with van der Waals surface area (Å²) in [6.45, 7) is 2.10. The lowest BCUT2D eigenvalue weighted by Gasteiger charge is -2.21. The van der Waals surface area contributed by atoms with Crippen LogP contribution in [-0.4, -0.2) is 31.6 Å². The Balaban J connectivity index is 1.28. The van der Waals surface area contributed by atoms with E-state index in [0.29, 0.717) is 29.2 Å². The molecule has 164 valence electrons. The second kappa shape index (κ2) is 7.75. The van der Waals surface area contributed by atoms with Crippen LogP contribution in [0.2, 0.25) is 0 Å². The minimum atomic E-state index is -3.36. The van der Waals surface area contributed by atoms with Crippen LogP contribution in [0.5, 0.6) is 0 Å². The van der Waals surface area contributed by atoms with Crippen LogP contribution in [0, 0.1) is 0 Å². The maximum absolute atomic E-state index is 12.7. The van der Waals surface area contributed by atoms with Crippen molar-refractivity contribution in [3.05, 3.63) is 71.5 Å². The molecule has 1 unspecified atom stereocenters. The number of sulfonamides is 1. The number of nitrogens with zero attached hydrogens (tertiary/aromatic N) is 2. The average Bonchev–Trinajstić information content (AvgIpc) is 3.46. The van der Waals surface area contributed by atoms with Gasteiger partial charge in [-0.25, -0.2) is 13.4 Å². The number of thiazole rings is 1. The molecule has 1 amide bonds. The number of carbonyl (C=O) groups excluding carboxylic acids is 1. The van der Waals surface area contributed by atoms with Crippen molar-refractivity contribution in [3.63, 3.8) is 0 Å². The molecule has 2 aromatic heterocycles. The highest BCUT2D eigenvalue weighted by molar-refractivity contribution is 7.92. The Hall–Kier alpha value is -3.17. The van der Waals surface area contributed by atoms with Gasteiger partial charge < -0.3 is 9.73 Å². The van der Waals surface area contributed by atoms with E-state index >= 15 is 0 Å². The fourth-order valence-electron chi connectivity index (χ4n) is 4.08. The third kappa shape index (κ3) is 3.78. The molecule has 1 aliphatic rings. The molecular formula is C23H21N3O4S2. The highest BCUT2D eigenvalue weighted by Gasteiger charge is 2.32. The Kier molecular flexibility index (Phi) is 5.02. The SMILES string of the molecule is CC1Cc2cc(C(=O)NCc3ccc(-c4nc5ccccc5s4)o3)ccc2N1S(C)(=O)=O. The number of rotatable bonds is 5. The average molecular weight is 468 g/mol. The number of carbonyl (C=O) groups is 1. The number of amides is 1. The van der Waals surface area contributed by atoms with Crippen molar-refractivity contribution in [2.75, 3.05) is 10.6 Å². The van der Waals surface area contributed by atoms with Crippen LogP contribution in [0.1, 0.15) is 28.6 Å². The molecule has 1 aliphatic heterocycles. The molecule has 3 heterocycles. The maximum atomic E-state index is 12.7. The van der Waals surface area contributed by atoms with Crippen LogP contribution in [0.15, 0.2) is 59.0 Å². The quantitative estimate of drug-likeness (QED) is 0.475. The van der Waals surface area contributed by atoms with Gasteiger partial charge in [0, 0.05) is 11.6 Å². The van der Waals surface area contributed by atoms with Gasteiger partial charge in [-0.15, -0.1) is 11.3 Å². The summed E-state index contributed by atoms with van der Waals surface area (Å²) < 4.78 is 32.5. The molecule has 0 saturated carbocycles. The number of anilines is 1. The normalized spacial score (nSPS) is 15.8. The Labute approximate surface area is 189 Å². The van der Waals surface area contributed by atoms with Crippen LogP contribution in [0.4, 0.5) is 5.69 Å². The van der Waals surface area contributed by atoms with Gasteiger partial charge in [-0.05, 0) is 61.4 Å². The molecule has 2 aromatic carbocycles. The van der Waals surface area contributed by atoms with E-state index in [1.807, 2.05) is 43.3 Å². The summed E-state index contributed by atoms with van der Waals surface area (Å²) in [5.41, 5.74) is 2.91. The van der Waals surface area contributed by atoms with Crippen molar-refractivity contribution >= 4 is 43.2 Å². The third-order valence-corrected chi connectivity index (χ3v) is 7.76. The zero-order chi connectivity index (χ0) is 22.5. The van der Waals surface area contributed by atoms with Crippen LogP contribution in [-0.2, 0) is 23.0 Å². The first-order chi connectivity index (χ1) is 15.3. The van der Waals surface area contributed by atoms with Crippen molar-refractivity contribution in [2.24, 2.45) is 0 Å². The zero-order valence-corrected chi connectivity index (χ0v) is 19.2. The monoisotopic (exact) mass is 467 g/mol. The summed E-state index contributed by atoms with van der Waals surface area (Å²) in [6.07, 6.45) is 1.78. The van der Waals surface area contributed by atoms with Gasteiger partial charge in [0.25, 0.3) is 5.91 Å². The topological polar surface area (TPSA) is 92.5 Å². The molecule has 0 spiro atoms. The first-order valence-corrected chi connectivity index (χ1v) is 12.8. The second-order valence-electron chi connectivity index (χ2n) is 7.89. The zero-order valence-electron chi connectivity index (χ0n) is 17.5. The predicted octanol–water partition coefficient (Wildman–Crippen LogP) is 4.20.